The zero-order chi connectivity index (χ0) is 14.0. The summed E-state index contributed by atoms with van der Waals surface area (Å²) >= 11 is 0. The number of aliphatic carboxylic acids is 1. The number of carbonyl (C=O) groups excluding carboxylic acids is 1. The van der Waals surface area contributed by atoms with Crippen LogP contribution in [0, 0.1) is 0 Å². The van der Waals surface area contributed by atoms with Crippen LogP contribution in [0.4, 0.5) is 4.79 Å². The molecule has 1 unspecified atom stereocenters. The van der Waals surface area contributed by atoms with E-state index in [4.69, 9.17) is 5.11 Å². The van der Waals surface area contributed by atoms with E-state index >= 15 is 0 Å². The second-order valence-electron chi connectivity index (χ2n) is 4.28. The minimum atomic E-state index is -0.841. The van der Waals surface area contributed by atoms with Crippen molar-refractivity contribution in [3.8, 4) is 0 Å². The molecule has 0 aliphatic carbocycles. The summed E-state index contributed by atoms with van der Waals surface area (Å²) in [5.41, 5.74) is 0. The number of urea groups is 1. The van der Waals surface area contributed by atoms with Gasteiger partial charge < -0.3 is 20.6 Å². The fraction of sp³-hybridized carbons (Fsp3) is 0.833. The Labute approximate surface area is 109 Å². The van der Waals surface area contributed by atoms with Crippen LogP contribution in [0.5, 0.6) is 0 Å². The number of carbonyl (C=O) groups is 2. The topological polar surface area (TPSA) is 81.7 Å². The van der Waals surface area contributed by atoms with Gasteiger partial charge in [-0.25, -0.2) is 4.79 Å². The molecule has 0 radical (unpaired) electrons. The lowest BCUT2D eigenvalue weighted by molar-refractivity contribution is -0.137. The van der Waals surface area contributed by atoms with Gasteiger partial charge in [0.25, 0.3) is 0 Å². The van der Waals surface area contributed by atoms with Gasteiger partial charge in [0, 0.05) is 25.6 Å². The molecule has 0 saturated carbocycles. The Hall–Kier alpha value is -1.30. The van der Waals surface area contributed by atoms with Gasteiger partial charge in [-0.3, -0.25) is 4.79 Å². The van der Waals surface area contributed by atoms with Crippen molar-refractivity contribution in [2.75, 3.05) is 26.2 Å². The summed E-state index contributed by atoms with van der Waals surface area (Å²) in [6, 6.07) is -0.163. The second kappa shape index (κ2) is 9.70. The van der Waals surface area contributed by atoms with Gasteiger partial charge in [-0.15, -0.1) is 0 Å². The molecular weight excluding hydrogens is 234 g/mol. The predicted octanol–water partition coefficient (Wildman–Crippen LogP) is 0.881. The van der Waals surface area contributed by atoms with Crippen LogP contribution in [-0.2, 0) is 4.79 Å². The van der Waals surface area contributed by atoms with Crippen molar-refractivity contribution in [3.63, 3.8) is 0 Å². The van der Waals surface area contributed by atoms with Crippen molar-refractivity contribution < 1.29 is 14.7 Å². The fourth-order valence-corrected chi connectivity index (χ4v) is 1.63. The van der Waals surface area contributed by atoms with Crippen LogP contribution in [0.1, 0.15) is 33.6 Å². The Morgan fingerprint density at radius 1 is 1.28 bits per heavy atom. The van der Waals surface area contributed by atoms with E-state index in [1.807, 2.05) is 6.92 Å². The minimum Gasteiger partial charge on any atom is -0.481 e. The molecule has 0 aromatic carbocycles. The second-order valence-corrected chi connectivity index (χ2v) is 4.28. The van der Waals surface area contributed by atoms with Crippen molar-refractivity contribution in [1.29, 1.82) is 0 Å². The molecule has 6 heteroatoms. The third-order valence-corrected chi connectivity index (χ3v) is 2.66. The van der Waals surface area contributed by atoms with E-state index in [0.717, 1.165) is 19.6 Å². The summed E-state index contributed by atoms with van der Waals surface area (Å²) in [5, 5.41) is 13.9. The molecule has 3 N–H and O–H groups in total. The summed E-state index contributed by atoms with van der Waals surface area (Å²) in [6.07, 6.45) is 0.530. The third-order valence-electron chi connectivity index (χ3n) is 2.66. The quantitative estimate of drug-likeness (QED) is 0.537. The molecule has 106 valence electrons. The Balaban J connectivity index is 3.70. The number of hydrogen-bond acceptors (Lipinski definition) is 3. The molecule has 2 amide bonds. The van der Waals surface area contributed by atoms with Crippen LogP contribution in [0.2, 0.25) is 0 Å². The van der Waals surface area contributed by atoms with E-state index in [-0.39, 0.29) is 18.5 Å². The number of nitrogens with one attached hydrogen (secondary N) is 2. The molecule has 0 heterocycles. The molecule has 6 nitrogen and oxygen atoms in total. The summed E-state index contributed by atoms with van der Waals surface area (Å²) in [6.45, 7) is 9.25. The van der Waals surface area contributed by atoms with E-state index in [0.29, 0.717) is 13.0 Å². The van der Waals surface area contributed by atoms with Gasteiger partial charge in [0.1, 0.15) is 0 Å². The zero-order valence-corrected chi connectivity index (χ0v) is 11.5. The van der Waals surface area contributed by atoms with Gasteiger partial charge in [0.2, 0.25) is 0 Å². The highest BCUT2D eigenvalue weighted by Gasteiger charge is 2.09. The van der Waals surface area contributed by atoms with E-state index in [2.05, 4.69) is 29.4 Å². The fourth-order valence-electron chi connectivity index (χ4n) is 1.63. The standard InChI is InChI=1S/C12H25N3O3/c1-4-15(5-2)9-10(3)14-12(18)13-8-6-7-11(16)17/h10H,4-9H2,1-3H3,(H,16,17)(H2,13,14,18). The van der Waals surface area contributed by atoms with E-state index in [1.165, 1.54) is 0 Å². The van der Waals surface area contributed by atoms with Gasteiger partial charge in [0.05, 0.1) is 0 Å². The monoisotopic (exact) mass is 259 g/mol. The summed E-state index contributed by atoms with van der Waals surface area (Å²) < 4.78 is 0. The Bertz CT molecular complexity index is 255. The lowest BCUT2D eigenvalue weighted by Crippen LogP contribution is -2.46. The first kappa shape index (κ1) is 16.7. The maximum Gasteiger partial charge on any atom is 0.315 e. The minimum absolute atomic E-state index is 0.0735. The van der Waals surface area contributed by atoms with Gasteiger partial charge in [-0.05, 0) is 26.4 Å². The van der Waals surface area contributed by atoms with Gasteiger partial charge in [0.15, 0.2) is 0 Å². The molecule has 0 fully saturated rings. The molecule has 0 spiro atoms. The van der Waals surface area contributed by atoms with Crippen LogP contribution < -0.4 is 10.6 Å². The van der Waals surface area contributed by atoms with Crippen molar-refractivity contribution >= 4 is 12.0 Å². The van der Waals surface area contributed by atoms with Crippen LogP contribution in [0.15, 0.2) is 0 Å². The highest BCUT2D eigenvalue weighted by Crippen LogP contribution is 1.92. The van der Waals surface area contributed by atoms with E-state index in [1.54, 1.807) is 0 Å². The molecule has 0 saturated heterocycles. The van der Waals surface area contributed by atoms with Crippen molar-refractivity contribution in [2.24, 2.45) is 0 Å². The van der Waals surface area contributed by atoms with Crippen LogP contribution in [0.3, 0.4) is 0 Å². The van der Waals surface area contributed by atoms with E-state index in [9.17, 15) is 9.59 Å². The first-order valence-corrected chi connectivity index (χ1v) is 6.48. The Kier molecular flexibility index (Phi) is 9.00. The molecule has 0 aromatic rings. The average molecular weight is 259 g/mol. The zero-order valence-electron chi connectivity index (χ0n) is 11.5. The largest absolute Gasteiger partial charge is 0.481 e. The molecule has 0 bridgehead atoms. The molecular formula is C12H25N3O3. The summed E-state index contributed by atoms with van der Waals surface area (Å²) in [5.74, 6) is -0.841. The van der Waals surface area contributed by atoms with Crippen molar-refractivity contribution in [1.82, 2.24) is 15.5 Å². The number of amides is 2. The van der Waals surface area contributed by atoms with Crippen molar-refractivity contribution in [3.05, 3.63) is 0 Å². The lowest BCUT2D eigenvalue weighted by atomic mass is 10.3. The number of carboxylic acid groups (broad SMARTS) is 1. The third kappa shape index (κ3) is 8.81. The smallest absolute Gasteiger partial charge is 0.315 e. The predicted molar refractivity (Wildman–Crippen MR) is 70.7 cm³/mol. The first-order valence-electron chi connectivity index (χ1n) is 6.48. The number of hydrogen-bond donors (Lipinski definition) is 3. The number of nitrogens with zero attached hydrogens (tertiary/aromatic N) is 1. The summed E-state index contributed by atoms with van der Waals surface area (Å²) in [7, 11) is 0. The van der Waals surface area contributed by atoms with Gasteiger partial charge in [-0.1, -0.05) is 13.8 Å². The summed E-state index contributed by atoms with van der Waals surface area (Å²) in [4.78, 5) is 24.0. The Morgan fingerprint density at radius 3 is 2.39 bits per heavy atom. The highest BCUT2D eigenvalue weighted by molar-refractivity contribution is 5.74. The van der Waals surface area contributed by atoms with Gasteiger partial charge in [-0.2, -0.15) is 0 Å². The molecule has 0 rings (SSSR count). The SMILES string of the molecule is CCN(CC)CC(C)NC(=O)NCCCC(=O)O. The Morgan fingerprint density at radius 2 is 1.89 bits per heavy atom. The average Bonchev–Trinajstić information content (AvgIpc) is 2.31. The molecule has 0 aromatic heterocycles. The highest BCUT2D eigenvalue weighted by atomic mass is 16.4. The maximum atomic E-state index is 11.5. The normalized spacial score (nSPS) is 12.2. The first-order chi connectivity index (χ1) is 8.49. The van der Waals surface area contributed by atoms with E-state index < -0.39 is 5.97 Å². The van der Waals surface area contributed by atoms with Gasteiger partial charge >= 0.3 is 12.0 Å². The number of likely N-dealkylation sites (N-methyl/N-ethyl adjacent to an activating group) is 1. The lowest BCUT2D eigenvalue weighted by Gasteiger charge is -2.23. The molecule has 0 aliphatic rings. The number of rotatable bonds is 9. The number of carboxylic acids is 1. The van der Waals surface area contributed by atoms with Crippen molar-refractivity contribution in [2.45, 2.75) is 39.7 Å². The molecule has 1 atom stereocenters. The van der Waals surface area contributed by atoms with Crippen LogP contribution in [-0.4, -0.2) is 54.2 Å². The van der Waals surface area contributed by atoms with Crippen LogP contribution in [0.25, 0.3) is 0 Å². The van der Waals surface area contributed by atoms with Crippen LogP contribution >= 0.6 is 0 Å². The molecule has 0 aliphatic heterocycles. The maximum absolute atomic E-state index is 11.5. The molecule has 18 heavy (non-hydrogen) atoms.